The van der Waals surface area contributed by atoms with Gasteiger partial charge in [0, 0.05) is 37.0 Å². The Labute approximate surface area is 195 Å². The van der Waals surface area contributed by atoms with Gasteiger partial charge in [-0.1, -0.05) is 38.5 Å². The normalized spacial score (nSPS) is 23.8. The third kappa shape index (κ3) is 5.13. The van der Waals surface area contributed by atoms with E-state index in [1.54, 1.807) is 11.3 Å². The summed E-state index contributed by atoms with van der Waals surface area (Å²) in [6.07, 6.45) is 15.6. The quantitative estimate of drug-likeness (QED) is 0.564. The van der Waals surface area contributed by atoms with E-state index in [1.165, 1.54) is 38.5 Å². The zero-order chi connectivity index (χ0) is 21.9. The van der Waals surface area contributed by atoms with Crippen LogP contribution in [-0.4, -0.2) is 52.0 Å². The Hall–Kier alpha value is -1.63. The van der Waals surface area contributed by atoms with Crippen LogP contribution in [0.15, 0.2) is 5.38 Å². The van der Waals surface area contributed by atoms with Crippen LogP contribution >= 0.6 is 11.3 Å². The fraction of sp³-hybridized carbons (Fsp3) is 0.800. The van der Waals surface area contributed by atoms with Crippen LogP contribution < -0.4 is 4.74 Å². The lowest BCUT2D eigenvalue weighted by Gasteiger charge is -2.34. The molecule has 0 N–H and O–H groups in total. The summed E-state index contributed by atoms with van der Waals surface area (Å²) in [5.74, 6) is 1.45. The number of thiazole rings is 1. The maximum Gasteiger partial charge on any atom is 0.417 e. The molecule has 0 radical (unpaired) electrons. The van der Waals surface area contributed by atoms with Gasteiger partial charge in [0.05, 0.1) is 10.4 Å². The first kappa shape index (κ1) is 22.2. The second-order valence-corrected chi connectivity index (χ2v) is 11.1. The summed E-state index contributed by atoms with van der Waals surface area (Å²) < 4.78 is 5.76. The zero-order valence-electron chi connectivity index (χ0n) is 19.2. The van der Waals surface area contributed by atoms with Crippen LogP contribution in [-0.2, 0) is 4.79 Å². The molecule has 5 rings (SSSR count). The second kappa shape index (κ2) is 10.1. The maximum atomic E-state index is 13.0. The van der Waals surface area contributed by atoms with Crippen molar-refractivity contribution in [2.45, 2.75) is 108 Å². The highest BCUT2D eigenvalue weighted by Gasteiger charge is 2.39. The largest absolute Gasteiger partial charge is 0.417 e. The van der Waals surface area contributed by atoms with Crippen molar-refractivity contribution in [3.63, 3.8) is 0 Å². The number of aromatic nitrogens is 1. The van der Waals surface area contributed by atoms with Gasteiger partial charge in [-0.2, -0.15) is 0 Å². The standard InChI is InChI=1S/C25H37N3O3S/c29-24(19-7-3-1-4-8-19)27-15-13-18(14-16-27)23-26-22(17-32-23)31-25(30)28(21-11-12-21)20-9-5-2-6-10-20/h17-21H,1-16H2. The van der Waals surface area contributed by atoms with Crippen molar-refractivity contribution in [2.75, 3.05) is 13.1 Å². The summed E-state index contributed by atoms with van der Waals surface area (Å²) in [5.41, 5.74) is 0. The fourth-order valence-corrected chi connectivity index (χ4v) is 6.80. The Kier molecular flexibility index (Phi) is 7.00. The van der Waals surface area contributed by atoms with Crippen molar-refractivity contribution >= 4 is 23.3 Å². The molecule has 4 fully saturated rings. The number of carbonyl (C=O) groups excluding carboxylic acids is 2. The Morgan fingerprint density at radius 1 is 0.875 bits per heavy atom. The molecule has 0 atom stereocenters. The summed E-state index contributed by atoms with van der Waals surface area (Å²) in [6, 6.07) is 0.711. The van der Waals surface area contributed by atoms with Gasteiger partial charge >= 0.3 is 6.09 Å². The number of amides is 2. The van der Waals surface area contributed by atoms with Crippen LogP contribution in [0, 0.1) is 5.92 Å². The maximum absolute atomic E-state index is 13.0. The first-order valence-corrected chi connectivity index (χ1v) is 13.8. The predicted octanol–water partition coefficient (Wildman–Crippen LogP) is 5.73. The van der Waals surface area contributed by atoms with Crippen LogP contribution in [0.25, 0.3) is 0 Å². The summed E-state index contributed by atoms with van der Waals surface area (Å²) in [7, 11) is 0. The monoisotopic (exact) mass is 459 g/mol. The molecule has 176 valence electrons. The van der Waals surface area contributed by atoms with Crippen molar-refractivity contribution in [2.24, 2.45) is 5.92 Å². The predicted molar refractivity (Wildman–Crippen MR) is 125 cm³/mol. The average molecular weight is 460 g/mol. The minimum Gasteiger partial charge on any atom is -0.390 e. The van der Waals surface area contributed by atoms with E-state index in [9.17, 15) is 9.59 Å². The number of nitrogens with zero attached hydrogens (tertiary/aromatic N) is 3. The first-order chi connectivity index (χ1) is 15.7. The van der Waals surface area contributed by atoms with Crippen molar-refractivity contribution in [3.05, 3.63) is 10.4 Å². The third-order valence-corrected chi connectivity index (χ3v) is 8.91. The number of hydrogen-bond acceptors (Lipinski definition) is 5. The van der Waals surface area contributed by atoms with Gasteiger partial charge in [0.25, 0.3) is 0 Å². The van der Waals surface area contributed by atoms with E-state index in [2.05, 4.69) is 9.88 Å². The molecule has 1 aromatic rings. The molecule has 1 aliphatic heterocycles. The van der Waals surface area contributed by atoms with E-state index in [0.29, 0.717) is 29.8 Å². The topological polar surface area (TPSA) is 62.7 Å². The highest BCUT2D eigenvalue weighted by molar-refractivity contribution is 7.09. The van der Waals surface area contributed by atoms with E-state index in [4.69, 9.17) is 4.74 Å². The molecular formula is C25H37N3O3S. The average Bonchev–Trinajstić information content (AvgIpc) is 3.57. The second-order valence-electron chi connectivity index (χ2n) is 10.3. The van der Waals surface area contributed by atoms with Gasteiger partial charge < -0.3 is 14.5 Å². The number of piperidine rings is 1. The van der Waals surface area contributed by atoms with Crippen LogP contribution in [0.2, 0.25) is 0 Å². The van der Waals surface area contributed by atoms with Crippen LogP contribution in [0.1, 0.15) is 101 Å². The van der Waals surface area contributed by atoms with E-state index >= 15 is 0 Å². The number of hydrogen-bond donors (Lipinski definition) is 0. The minimum atomic E-state index is -0.204. The number of rotatable bonds is 5. The van der Waals surface area contributed by atoms with Gasteiger partial charge in [0.15, 0.2) is 0 Å². The number of likely N-dealkylation sites (tertiary alicyclic amines) is 1. The summed E-state index contributed by atoms with van der Waals surface area (Å²) in [5, 5.41) is 2.94. The molecule has 7 heteroatoms. The molecule has 1 saturated heterocycles. The highest BCUT2D eigenvalue weighted by Crippen LogP contribution is 2.36. The molecule has 1 aromatic heterocycles. The van der Waals surface area contributed by atoms with Crippen LogP contribution in [0.3, 0.4) is 0 Å². The minimum absolute atomic E-state index is 0.204. The zero-order valence-corrected chi connectivity index (χ0v) is 20.0. The third-order valence-electron chi connectivity index (χ3n) is 7.92. The van der Waals surface area contributed by atoms with E-state index < -0.39 is 0 Å². The Bertz CT molecular complexity index is 788. The molecule has 3 saturated carbocycles. The molecule has 4 aliphatic rings. The van der Waals surface area contributed by atoms with Crippen LogP contribution in [0.4, 0.5) is 4.79 Å². The molecule has 0 spiro atoms. The number of ether oxygens (including phenoxy) is 1. The molecule has 2 heterocycles. The molecule has 3 aliphatic carbocycles. The lowest BCUT2D eigenvalue weighted by Crippen LogP contribution is -2.44. The molecule has 0 aromatic carbocycles. The SMILES string of the molecule is O=C(C1CCCCC1)N1CCC(c2nc(OC(=O)N(C3CCCCC3)C3CC3)cs2)CC1. The molecule has 0 unspecified atom stereocenters. The lowest BCUT2D eigenvalue weighted by molar-refractivity contribution is -0.137. The summed E-state index contributed by atoms with van der Waals surface area (Å²) in [6.45, 7) is 1.65. The van der Waals surface area contributed by atoms with Gasteiger partial charge in [-0.3, -0.25) is 4.79 Å². The molecular weight excluding hydrogens is 422 g/mol. The van der Waals surface area contributed by atoms with Crippen molar-refractivity contribution in [1.29, 1.82) is 0 Å². The Balaban J connectivity index is 1.14. The summed E-state index contributed by atoms with van der Waals surface area (Å²) >= 11 is 1.60. The van der Waals surface area contributed by atoms with Gasteiger partial charge in [0.2, 0.25) is 11.8 Å². The van der Waals surface area contributed by atoms with Gasteiger partial charge in [-0.25, -0.2) is 9.78 Å². The van der Waals surface area contributed by atoms with Crippen molar-refractivity contribution in [3.8, 4) is 5.88 Å². The molecule has 0 bridgehead atoms. The van der Waals surface area contributed by atoms with Crippen molar-refractivity contribution < 1.29 is 14.3 Å². The highest BCUT2D eigenvalue weighted by atomic mass is 32.1. The molecule has 6 nitrogen and oxygen atoms in total. The van der Waals surface area contributed by atoms with Gasteiger partial charge in [-0.15, -0.1) is 11.3 Å². The summed E-state index contributed by atoms with van der Waals surface area (Å²) in [4.78, 5) is 34.6. The first-order valence-electron chi connectivity index (χ1n) is 12.9. The van der Waals surface area contributed by atoms with E-state index in [-0.39, 0.29) is 12.0 Å². The van der Waals surface area contributed by atoms with E-state index in [1.807, 2.05) is 10.3 Å². The Morgan fingerprint density at radius 2 is 1.50 bits per heavy atom. The Morgan fingerprint density at radius 3 is 2.16 bits per heavy atom. The van der Waals surface area contributed by atoms with E-state index in [0.717, 1.165) is 69.5 Å². The lowest BCUT2D eigenvalue weighted by atomic mass is 9.87. The van der Waals surface area contributed by atoms with Gasteiger partial charge in [0.1, 0.15) is 0 Å². The van der Waals surface area contributed by atoms with Crippen LogP contribution in [0.5, 0.6) is 5.88 Å². The molecule has 2 amide bonds. The fourth-order valence-electron chi connectivity index (χ4n) is 5.91. The number of carbonyl (C=O) groups is 2. The molecule has 32 heavy (non-hydrogen) atoms. The van der Waals surface area contributed by atoms with Gasteiger partial charge in [-0.05, 0) is 51.4 Å². The van der Waals surface area contributed by atoms with Crippen molar-refractivity contribution in [1.82, 2.24) is 14.8 Å². The smallest absolute Gasteiger partial charge is 0.390 e.